The maximum Gasteiger partial charge on any atom is 0.263 e. The summed E-state index contributed by atoms with van der Waals surface area (Å²) in [6.07, 6.45) is 5.34. The fraction of sp³-hybridized carbons (Fsp3) is 0.238. The Hall–Kier alpha value is -6.16. The largest absolute Gasteiger partial charge is 0.324 e. The Kier molecular flexibility index (Phi) is 10.7. The van der Waals surface area contributed by atoms with Gasteiger partial charge in [-0.2, -0.15) is 0 Å². The van der Waals surface area contributed by atoms with E-state index in [0.717, 1.165) is 71.3 Å². The second-order valence-corrected chi connectivity index (χ2v) is 15.1. The van der Waals surface area contributed by atoms with E-state index in [1.165, 1.54) is 0 Å². The van der Waals surface area contributed by atoms with Crippen LogP contribution in [0.25, 0.3) is 11.3 Å². The molecule has 3 aliphatic rings. The molecule has 14 nitrogen and oxygen atoms in total. The van der Waals surface area contributed by atoms with E-state index in [-0.39, 0.29) is 29.9 Å². The van der Waals surface area contributed by atoms with Crippen molar-refractivity contribution < 1.29 is 24.0 Å². The van der Waals surface area contributed by atoms with Gasteiger partial charge in [0, 0.05) is 91.3 Å². The molecule has 288 valence electrons. The van der Waals surface area contributed by atoms with Crippen molar-refractivity contribution in [2.24, 2.45) is 0 Å². The highest BCUT2D eigenvalue weighted by Crippen LogP contribution is 2.35. The van der Waals surface area contributed by atoms with Crippen LogP contribution in [0, 0.1) is 6.92 Å². The number of hydrogen-bond donors (Lipinski definition) is 3. The second-order valence-electron chi connectivity index (χ2n) is 14.3. The van der Waals surface area contributed by atoms with Gasteiger partial charge in [0.1, 0.15) is 6.04 Å². The van der Waals surface area contributed by atoms with E-state index >= 15 is 0 Å². The molecule has 15 heteroatoms. The van der Waals surface area contributed by atoms with Gasteiger partial charge in [-0.1, -0.05) is 24.3 Å². The van der Waals surface area contributed by atoms with Crippen molar-refractivity contribution in [1.82, 2.24) is 35.0 Å². The molecule has 3 aliphatic heterocycles. The monoisotopic (exact) mass is 827 g/mol. The molecule has 0 bridgehead atoms. The minimum Gasteiger partial charge on any atom is -0.324 e. The van der Waals surface area contributed by atoms with E-state index in [2.05, 4.69) is 56.6 Å². The number of piperidine rings is 1. The minimum absolute atomic E-state index is 0.0710. The number of piperazine rings is 1. The van der Waals surface area contributed by atoms with E-state index in [9.17, 15) is 24.0 Å². The standard InChI is InChI=1S/C42H38BrN9O5/c1-25-4-10-30(21-33(25)48-42-45-16-14-32(47-42)28-3-2-15-44-22-28)46-38(54)27-7-5-26(6-8-27)23-50-17-19-51(20-18-50)24-29-9-11-31-36(37(29)43)41(57)52(40(31)56)34-12-13-35(53)49-39(34)55/h2-11,14-16,21-22,34H,12-13,17-20,23-24H2,1H3,(H,46,54)(H,45,47,48)(H,49,53,55). The first kappa shape index (κ1) is 37.7. The molecule has 8 rings (SSSR count). The van der Waals surface area contributed by atoms with Crippen molar-refractivity contribution in [1.29, 1.82) is 0 Å². The third kappa shape index (κ3) is 8.08. The highest BCUT2D eigenvalue weighted by molar-refractivity contribution is 9.10. The van der Waals surface area contributed by atoms with Crippen LogP contribution in [0.15, 0.2) is 95.9 Å². The summed E-state index contributed by atoms with van der Waals surface area (Å²) in [6, 6.07) is 21.4. The molecule has 2 fully saturated rings. The maximum absolute atomic E-state index is 13.4. The van der Waals surface area contributed by atoms with Crippen molar-refractivity contribution in [2.45, 2.75) is 38.9 Å². The molecule has 2 saturated heterocycles. The number of carbonyl (C=O) groups excluding carboxylic acids is 5. The van der Waals surface area contributed by atoms with E-state index in [1.54, 1.807) is 24.7 Å². The van der Waals surface area contributed by atoms with Gasteiger partial charge in [0.25, 0.3) is 17.7 Å². The lowest BCUT2D eigenvalue weighted by atomic mass is 10.0. The first-order valence-electron chi connectivity index (χ1n) is 18.6. The molecule has 5 heterocycles. The van der Waals surface area contributed by atoms with E-state index in [0.29, 0.717) is 28.2 Å². The number of aryl methyl sites for hydroxylation is 1. The Morgan fingerprint density at radius 3 is 2.40 bits per heavy atom. The van der Waals surface area contributed by atoms with Gasteiger partial charge in [0.05, 0.1) is 16.8 Å². The zero-order valence-corrected chi connectivity index (χ0v) is 32.6. The predicted molar refractivity (Wildman–Crippen MR) is 215 cm³/mol. The van der Waals surface area contributed by atoms with Gasteiger partial charge in [-0.05, 0) is 94.5 Å². The Balaban J connectivity index is 0.834. The van der Waals surface area contributed by atoms with E-state index in [1.807, 2.05) is 73.7 Å². The van der Waals surface area contributed by atoms with Gasteiger partial charge in [-0.3, -0.25) is 49.0 Å². The van der Waals surface area contributed by atoms with Crippen LogP contribution in [0.2, 0.25) is 0 Å². The summed E-state index contributed by atoms with van der Waals surface area (Å²) in [6.45, 7) is 6.55. The number of anilines is 3. The summed E-state index contributed by atoms with van der Waals surface area (Å²) >= 11 is 3.59. The molecule has 3 N–H and O–H groups in total. The Morgan fingerprint density at radius 2 is 1.67 bits per heavy atom. The lowest BCUT2D eigenvalue weighted by Gasteiger charge is -2.35. The summed E-state index contributed by atoms with van der Waals surface area (Å²) < 4.78 is 0.553. The molecular formula is C42H38BrN9O5. The Bertz CT molecular complexity index is 2400. The Labute approximate surface area is 336 Å². The molecule has 5 amide bonds. The average molecular weight is 829 g/mol. The average Bonchev–Trinajstić information content (AvgIpc) is 3.47. The van der Waals surface area contributed by atoms with Crippen molar-refractivity contribution in [2.75, 3.05) is 36.8 Å². The molecule has 1 unspecified atom stereocenters. The molecule has 3 aromatic carbocycles. The number of aromatic nitrogens is 3. The summed E-state index contributed by atoms with van der Waals surface area (Å²) in [5, 5.41) is 8.51. The molecule has 0 spiro atoms. The van der Waals surface area contributed by atoms with Crippen LogP contribution < -0.4 is 16.0 Å². The number of imide groups is 2. The van der Waals surface area contributed by atoms with Crippen LogP contribution in [0.4, 0.5) is 17.3 Å². The van der Waals surface area contributed by atoms with Crippen LogP contribution in [0.1, 0.15) is 60.6 Å². The lowest BCUT2D eigenvalue weighted by molar-refractivity contribution is -0.136. The zero-order valence-electron chi connectivity index (χ0n) is 31.0. The number of rotatable bonds is 10. The number of nitrogens with zero attached hydrogens (tertiary/aromatic N) is 6. The maximum atomic E-state index is 13.4. The fourth-order valence-corrected chi connectivity index (χ4v) is 7.94. The van der Waals surface area contributed by atoms with Crippen LogP contribution in [-0.2, 0) is 22.7 Å². The topological polar surface area (TPSA) is 170 Å². The molecule has 1 atom stereocenters. The third-order valence-electron chi connectivity index (χ3n) is 10.5. The van der Waals surface area contributed by atoms with Crippen LogP contribution >= 0.6 is 15.9 Å². The molecule has 2 aromatic heterocycles. The highest BCUT2D eigenvalue weighted by Gasteiger charge is 2.45. The fourth-order valence-electron chi connectivity index (χ4n) is 7.30. The van der Waals surface area contributed by atoms with Gasteiger partial charge in [-0.15, -0.1) is 0 Å². The third-order valence-corrected chi connectivity index (χ3v) is 11.4. The van der Waals surface area contributed by atoms with Crippen LogP contribution in [0.3, 0.4) is 0 Å². The van der Waals surface area contributed by atoms with Crippen molar-refractivity contribution in [3.05, 3.63) is 129 Å². The van der Waals surface area contributed by atoms with Gasteiger partial charge in [-0.25, -0.2) is 9.97 Å². The van der Waals surface area contributed by atoms with Gasteiger partial charge in [0.15, 0.2) is 0 Å². The zero-order chi connectivity index (χ0) is 39.6. The highest BCUT2D eigenvalue weighted by atomic mass is 79.9. The smallest absolute Gasteiger partial charge is 0.263 e. The van der Waals surface area contributed by atoms with Crippen molar-refractivity contribution >= 4 is 62.8 Å². The quantitative estimate of drug-likeness (QED) is 0.156. The van der Waals surface area contributed by atoms with Crippen molar-refractivity contribution in [3.8, 4) is 11.3 Å². The number of pyridine rings is 1. The number of benzene rings is 3. The van der Waals surface area contributed by atoms with Gasteiger partial charge in [0.2, 0.25) is 17.8 Å². The molecule has 5 aromatic rings. The number of hydrogen-bond acceptors (Lipinski definition) is 11. The van der Waals surface area contributed by atoms with E-state index in [4.69, 9.17) is 0 Å². The van der Waals surface area contributed by atoms with Gasteiger partial charge >= 0.3 is 0 Å². The summed E-state index contributed by atoms with van der Waals surface area (Å²) in [7, 11) is 0. The molecule has 0 aliphatic carbocycles. The first-order chi connectivity index (χ1) is 27.6. The first-order valence-corrected chi connectivity index (χ1v) is 19.4. The van der Waals surface area contributed by atoms with E-state index < -0.39 is 29.7 Å². The number of fused-ring (bicyclic) bond motifs is 1. The number of nitrogens with one attached hydrogen (secondary N) is 3. The molecule has 57 heavy (non-hydrogen) atoms. The molecule has 0 radical (unpaired) electrons. The molecular weight excluding hydrogens is 790 g/mol. The summed E-state index contributed by atoms with van der Waals surface area (Å²) in [5.74, 6) is -1.87. The van der Waals surface area contributed by atoms with Crippen LogP contribution in [0.5, 0.6) is 0 Å². The number of halogens is 1. The Morgan fingerprint density at radius 1 is 0.895 bits per heavy atom. The number of amides is 5. The SMILES string of the molecule is Cc1ccc(NC(=O)c2ccc(CN3CCN(Cc4ccc5c(c4Br)C(=O)N(C4CCC(=O)NC4=O)C5=O)CC3)cc2)cc1Nc1nccc(-c2cccnc2)n1. The predicted octanol–water partition coefficient (Wildman–Crippen LogP) is 5.32. The summed E-state index contributed by atoms with van der Waals surface area (Å²) in [4.78, 5) is 82.8. The normalized spacial score (nSPS) is 17.4. The summed E-state index contributed by atoms with van der Waals surface area (Å²) in [5.41, 5.74) is 7.05. The number of carbonyl (C=O) groups is 5. The second kappa shape index (κ2) is 16.1. The lowest BCUT2D eigenvalue weighted by Crippen LogP contribution is -2.54. The van der Waals surface area contributed by atoms with Crippen LogP contribution in [-0.4, -0.2) is 91.4 Å². The van der Waals surface area contributed by atoms with Gasteiger partial charge < -0.3 is 10.6 Å². The molecule has 0 saturated carbocycles. The van der Waals surface area contributed by atoms with Crippen molar-refractivity contribution in [3.63, 3.8) is 0 Å². The minimum atomic E-state index is -1.01.